The summed E-state index contributed by atoms with van der Waals surface area (Å²) in [5.74, 6) is -2.19. The van der Waals surface area contributed by atoms with Crippen molar-refractivity contribution in [1.82, 2.24) is 9.88 Å². The van der Waals surface area contributed by atoms with E-state index in [1.54, 1.807) is 0 Å². The number of rotatable bonds is 7. The molecule has 0 spiro atoms. The fourth-order valence-electron chi connectivity index (χ4n) is 1.88. The van der Waals surface area contributed by atoms with Crippen molar-refractivity contribution in [2.45, 2.75) is 24.7 Å². The van der Waals surface area contributed by atoms with Crippen LogP contribution in [0.15, 0.2) is 17.2 Å². The third kappa shape index (κ3) is 4.57. The van der Waals surface area contributed by atoms with E-state index in [0.717, 1.165) is 6.07 Å². The van der Waals surface area contributed by atoms with E-state index in [-0.39, 0.29) is 17.1 Å². The topological polar surface area (TPSA) is 131 Å². The van der Waals surface area contributed by atoms with E-state index in [9.17, 15) is 18.0 Å². The highest BCUT2D eigenvalue weighted by Gasteiger charge is 2.20. The molecule has 118 valence electrons. The Labute approximate surface area is 123 Å². The number of aromatic nitrogens is 1. The number of hydrogen-bond acceptors (Lipinski definition) is 4. The minimum Gasteiger partial charge on any atom is -0.481 e. The molecule has 0 radical (unpaired) electrons. The summed E-state index contributed by atoms with van der Waals surface area (Å²) in [5, 5.41) is 16.5. The molecule has 0 bridgehead atoms. The first-order valence-corrected chi connectivity index (χ1v) is 7.91. The van der Waals surface area contributed by atoms with E-state index in [4.69, 9.17) is 10.2 Å². The number of carboxylic acid groups (broad SMARTS) is 1. The van der Waals surface area contributed by atoms with E-state index in [1.165, 1.54) is 17.8 Å². The van der Waals surface area contributed by atoms with Gasteiger partial charge in [-0.3, -0.25) is 9.59 Å². The second kappa shape index (κ2) is 6.72. The molecule has 21 heavy (non-hydrogen) atoms. The number of aliphatic carboxylic acids is 1. The van der Waals surface area contributed by atoms with Crippen molar-refractivity contribution in [1.29, 1.82) is 0 Å². The van der Waals surface area contributed by atoms with Crippen LogP contribution in [0, 0.1) is 5.92 Å². The summed E-state index contributed by atoms with van der Waals surface area (Å²) in [6.07, 6.45) is 2.36. The van der Waals surface area contributed by atoms with Gasteiger partial charge in [0, 0.05) is 19.8 Å². The van der Waals surface area contributed by atoms with Crippen LogP contribution in [0.2, 0.25) is 0 Å². The molecule has 0 fully saturated rings. The van der Waals surface area contributed by atoms with Gasteiger partial charge in [0.25, 0.3) is 5.91 Å². The number of hydrogen-bond donors (Lipinski definition) is 3. The molecule has 1 rings (SSSR count). The van der Waals surface area contributed by atoms with E-state index in [1.807, 2.05) is 6.92 Å². The molecule has 9 heteroatoms. The number of amides is 1. The van der Waals surface area contributed by atoms with Gasteiger partial charge in [-0.25, -0.2) is 13.6 Å². The molecule has 1 unspecified atom stereocenters. The molecular formula is C12H19N3O5S. The van der Waals surface area contributed by atoms with Crippen LogP contribution in [0.3, 0.4) is 0 Å². The SMILES string of the molecule is CCCC(CNC(=O)c1cc(S(N)(=O)=O)cn1C)C(=O)O. The number of carboxylic acids is 1. The minimum atomic E-state index is -3.89. The van der Waals surface area contributed by atoms with Crippen molar-refractivity contribution in [3.05, 3.63) is 18.0 Å². The monoisotopic (exact) mass is 317 g/mol. The zero-order valence-corrected chi connectivity index (χ0v) is 12.7. The van der Waals surface area contributed by atoms with Crippen LogP contribution in [0.25, 0.3) is 0 Å². The Kier molecular flexibility index (Phi) is 5.50. The van der Waals surface area contributed by atoms with Crippen molar-refractivity contribution in [3.63, 3.8) is 0 Å². The van der Waals surface area contributed by atoms with Gasteiger partial charge in [-0.05, 0) is 12.5 Å². The van der Waals surface area contributed by atoms with Gasteiger partial charge < -0.3 is 15.0 Å². The predicted molar refractivity (Wildman–Crippen MR) is 75.2 cm³/mol. The van der Waals surface area contributed by atoms with Gasteiger partial charge in [0.05, 0.1) is 5.92 Å². The van der Waals surface area contributed by atoms with E-state index in [2.05, 4.69) is 5.32 Å². The lowest BCUT2D eigenvalue weighted by molar-refractivity contribution is -0.141. The smallest absolute Gasteiger partial charge is 0.308 e. The number of carbonyl (C=O) groups is 2. The highest BCUT2D eigenvalue weighted by Crippen LogP contribution is 2.12. The van der Waals surface area contributed by atoms with Gasteiger partial charge in [-0.15, -0.1) is 0 Å². The standard InChI is InChI=1S/C12H19N3O5S/c1-3-4-8(12(17)18)6-14-11(16)10-5-9(7-15(10)2)21(13,19)20/h5,7-8H,3-4,6H2,1-2H3,(H,14,16)(H,17,18)(H2,13,19,20). The third-order valence-electron chi connectivity index (χ3n) is 3.04. The number of sulfonamides is 1. The van der Waals surface area contributed by atoms with E-state index >= 15 is 0 Å². The van der Waals surface area contributed by atoms with Crippen LogP contribution >= 0.6 is 0 Å². The summed E-state index contributed by atoms with van der Waals surface area (Å²) in [5.41, 5.74) is 0.0969. The van der Waals surface area contributed by atoms with Gasteiger partial charge in [-0.1, -0.05) is 13.3 Å². The second-order valence-corrected chi connectivity index (χ2v) is 6.31. The molecular weight excluding hydrogens is 298 g/mol. The van der Waals surface area contributed by atoms with Crippen molar-refractivity contribution in [3.8, 4) is 0 Å². The Hall–Kier alpha value is -1.87. The van der Waals surface area contributed by atoms with Gasteiger partial charge in [0.1, 0.15) is 10.6 Å². The lowest BCUT2D eigenvalue weighted by Gasteiger charge is -2.12. The number of nitrogens with two attached hydrogens (primary N) is 1. The Morgan fingerprint density at radius 2 is 2.10 bits per heavy atom. The molecule has 1 aromatic rings. The van der Waals surface area contributed by atoms with Crippen molar-refractivity contribution in [2.24, 2.45) is 18.1 Å². The summed E-state index contributed by atoms with van der Waals surface area (Å²) < 4.78 is 23.8. The van der Waals surface area contributed by atoms with Gasteiger partial charge in [0.15, 0.2) is 0 Å². The Morgan fingerprint density at radius 3 is 2.52 bits per heavy atom. The number of carbonyl (C=O) groups excluding carboxylic acids is 1. The lowest BCUT2D eigenvalue weighted by atomic mass is 10.0. The molecule has 0 aliphatic carbocycles. The van der Waals surface area contributed by atoms with Crippen LogP contribution in [0.5, 0.6) is 0 Å². The average Bonchev–Trinajstić information content (AvgIpc) is 2.75. The Morgan fingerprint density at radius 1 is 1.48 bits per heavy atom. The maximum Gasteiger partial charge on any atom is 0.308 e. The number of nitrogens with zero attached hydrogens (tertiary/aromatic N) is 1. The van der Waals surface area contributed by atoms with Crippen LogP contribution < -0.4 is 10.5 Å². The van der Waals surface area contributed by atoms with Crippen molar-refractivity contribution < 1.29 is 23.1 Å². The zero-order chi connectivity index (χ0) is 16.2. The molecule has 1 atom stereocenters. The first-order valence-electron chi connectivity index (χ1n) is 6.37. The highest BCUT2D eigenvalue weighted by molar-refractivity contribution is 7.89. The molecule has 0 saturated heterocycles. The molecule has 8 nitrogen and oxygen atoms in total. The number of nitrogens with one attached hydrogen (secondary N) is 1. The molecule has 0 aromatic carbocycles. The van der Waals surface area contributed by atoms with Crippen molar-refractivity contribution in [2.75, 3.05) is 6.54 Å². The maximum absolute atomic E-state index is 12.0. The molecule has 0 aliphatic rings. The van der Waals surface area contributed by atoms with E-state index in [0.29, 0.717) is 12.8 Å². The normalized spacial score (nSPS) is 12.9. The van der Waals surface area contributed by atoms with Crippen molar-refractivity contribution >= 4 is 21.9 Å². The average molecular weight is 317 g/mol. The molecule has 1 amide bonds. The second-order valence-electron chi connectivity index (χ2n) is 4.75. The van der Waals surface area contributed by atoms with E-state index < -0.39 is 27.8 Å². The minimum absolute atomic E-state index is 0.0160. The molecule has 1 aromatic heterocycles. The van der Waals surface area contributed by atoms with Gasteiger partial charge in [-0.2, -0.15) is 0 Å². The summed E-state index contributed by atoms with van der Waals surface area (Å²) in [6.45, 7) is 1.84. The predicted octanol–water partition coefficient (Wildman–Crippen LogP) is -0.0968. The number of aryl methyl sites for hydroxylation is 1. The molecule has 4 N–H and O–H groups in total. The summed E-state index contributed by atoms with van der Waals surface area (Å²) >= 11 is 0. The first kappa shape index (κ1) is 17.2. The highest BCUT2D eigenvalue weighted by atomic mass is 32.2. The quantitative estimate of drug-likeness (QED) is 0.646. The fraction of sp³-hybridized carbons (Fsp3) is 0.500. The van der Waals surface area contributed by atoms with Gasteiger partial charge >= 0.3 is 5.97 Å². The van der Waals surface area contributed by atoms with Crippen LogP contribution in [0.4, 0.5) is 0 Å². The van der Waals surface area contributed by atoms with Crippen LogP contribution in [-0.2, 0) is 21.9 Å². The first-order chi connectivity index (χ1) is 9.66. The third-order valence-corrected chi connectivity index (χ3v) is 3.92. The largest absolute Gasteiger partial charge is 0.481 e. The Balaban J connectivity index is 2.81. The van der Waals surface area contributed by atoms with Gasteiger partial charge in [0.2, 0.25) is 10.0 Å². The molecule has 1 heterocycles. The lowest BCUT2D eigenvalue weighted by Crippen LogP contribution is -2.33. The molecule has 0 aliphatic heterocycles. The summed E-state index contributed by atoms with van der Waals surface area (Å²) in [7, 11) is -2.38. The summed E-state index contributed by atoms with van der Waals surface area (Å²) in [6, 6.07) is 1.15. The zero-order valence-electron chi connectivity index (χ0n) is 11.9. The molecule has 0 saturated carbocycles. The fourth-order valence-corrected chi connectivity index (χ4v) is 2.46. The maximum atomic E-state index is 12.0. The Bertz CT molecular complexity index is 635. The van der Waals surface area contributed by atoms with Crippen LogP contribution in [-0.4, -0.2) is 36.5 Å². The van der Waals surface area contributed by atoms with Crippen LogP contribution in [0.1, 0.15) is 30.3 Å². The summed E-state index contributed by atoms with van der Waals surface area (Å²) in [4.78, 5) is 22.8. The number of primary sulfonamides is 1.